The third kappa shape index (κ3) is 2.29. The van der Waals surface area contributed by atoms with Crippen LogP contribution in [0, 0.1) is 5.92 Å². The summed E-state index contributed by atoms with van der Waals surface area (Å²) in [5.41, 5.74) is 0. The minimum atomic E-state index is -0.0865. The van der Waals surface area contributed by atoms with Crippen LogP contribution in [0.25, 0.3) is 0 Å². The van der Waals surface area contributed by atoms with Gasteiger partial charge in [0.05, 0.1) is 6.10 Å². The van der Waals surface area contributed by atoms with E-state index in [1.807, 2.05) is 0 Å². The molecule has 2 rings (SSSR count). The van der Waals surface area contributed by atoms with Crippen molar-refractivity contribution in [2.24, 2.45) is 5.92 Å². The maximum atomic E-state index is 9.85. The molecule has 2 aliphatic rings. The molecule has 0 unspecified atom stereocenters. The Morgan fingerprint density at radius 1 is 0.929 bits per heavy atom. The van der Waals surface area contributed by atoms with Gasteiger partial charge in [-0.3, -0.25) is 0 Å². The summed E-state index contributed by atoms with van der Waals surface area (Å²) in [5, 5.41) is 13.5. The van der Waals surface area contributed by atoms with Gasteiger partial charge < -0.3 is 10.4 Å². The Kier molecular flexibility index (Phi) is 3.45. The first-order valence-corrected chi connectivity index (χ1v) is 6.21. The predicted octanol–water partition coefficient (Wildman–Crippen LogP) is 2.07. The molecule has 2 heteroatoms. The topological polar surface area (TPSA) is 32.3 Å². The van der Waals surface area contributed by atoms with Crippen molar-refractivity contribution in [3.8, 4) is 0 Å². The largest absolute Gasteiger partial charge is 0.392 e. The summed E-state index contributed by atoms with van der Waals surface area (Å²) in [5.74, 6) is 0.809. The smallest absolute Gasteiger partial charge is 0.0693 e. The number of rotatable bonds is 2. The molecule has 2 N–H and O–H groups in total. The summed E-state index contributed by atoms with van der Waals surface area (Å²) < 4.78 is 0. The maximum Gasteiger partial charge on any atom is 0.0693 e. The molecule has 0 aromatic rings. The van der Waals surface area contributed by atoms with E-state index < -0.39 is 0 Å². The summed E-state index contributed by atoms with van der Waals surface area (Å²) in [6.07, 6.45) is 8.61. The van der Waals surface area contributed by atoms with E-state index in [1.165, 1.54) is 38.5 Å². The van der Waals surface area contributed by atoms with E-state index in [1.54, 1.807) is 0 Å². The van der Waals surface area contributed by atoms with E-state index in [2.05, 4.69) is 12.2 Å². The van der Waals surface area contributed by atoms with E-state index in [-0.39, 0.29) is 6.10 Å². The van der Waals surface area contributed by atoms with Gasteiger partial charge in [0.2, 0.25) is 0 Å². The van der Waals surface area contributed by atoms with Crippen molar-refractivity contribution < 1.29 is 5.11 Å². The van der Waals surface area contributed by atoms with Crippen molar-refractivity contribution in [2.75, 3.05) is 0 Å². The summed E-state index contributed by atoms with van der Waals surface area (Å²) in [7, 11) is 0. The van der Waals surface area contributed by atoms with Crippen LogP contribution in [0.1, 0.15) is 51.9 Å². The van der Waals surface area contributed by atoms with Crippen LogP contribution in [0.3, 0.4) is 0 Å². The quantitative estimate of drug-likeness (QED) is 0.710. The first-order valence-electron chi connectivity index (χ1n) is 6.21. The lowest BCUT2D eigenvalue weighted by molar-refractivity contribution is 0.0823. The highest BCUT2D eigenvalue weighted by Gasteiger charge is 2.29. The third-order valence-electron chi connectivity index (χ3n) is 4.02. The van der Waals surface area contributed by atoms with E-state index in [0.717, 1.165) is 12.3 Å². The van der Waals surface area contributed by atoms with E-state index in [4.69, 9.17) is 0 Å². The lowest BCUT2D eigenvalue weighted by Gasteiger charge is -2.32. The van der Waals surface area contributed by atoms with Gasteiger partial charge in [0.15, 0.2) is 0 Å². The van der Waals surface area contributed by atoms with Crippen LogP contribution >= 0.6 is 0 Å². The fourth-order valence-corrected chi connectivity index (χ4v) is 2.97. The third-order valence-corrected chi connectivity index (χ3v) is 4.02. The van der Waals surface area contributed by atoms with Crippen LogP contribution in [0.5, 0.6) is 0 Å². The Morgan fingerprint density at radius 3 is 2.29 bits per heavy atom. The van der Waals surface area contributed by atoms with Gasteiger partial charge in [-0.1, -0.05) is 26.2 Å². The molecule has 0 aliphatic heterocycles. The van der Waals surface area contributed by atoms with Crippen molar-refractivity contribution in [2.45, 2.75) is 70.1 Å². The molecule has 2 saturated carbocycles. The van der Waals surface area contributed by atoms with Crippen LogP contribution in [-0.2, 0) is 0 Å². The standard InChI is InChI=1S/C12H23NO/c1-9-5-4-7-10(9)13-11-6-2-3-8-12(11)14/h9-14H,2-8H2,1H3/t9-,10+,11-,12+/m1/s1. The van der Waals surface area contributed by atoms with Crippen molar-refractivity contribution in [3.05, 3.63) is 0 Å². The molecule has 0 radical (unpaired) electrons. The molecule has 0 amide bonds. The lowest BCUT2D eigenvalue weighted by Crippen LogP contribution is -2.47. The molecule has 0 heterocycles. The van der Waals surface area contributed by atoms with Crippen molar-refractivity contribution >= 4 is 0 Å². The molecule has 0 bridgehead atoms. The Balaban J connectivity index is 1.83. The molecule has 0 aromatic heterocycles. The zero-order valence-electron chi connectivity index (χ0n) is 9.21. The zero-order chi connectivity index (χ0) is 9.97. The van der Waals surface area contributed by atoms with Gasteiger partial charge in [0.1, 0.15) is 0 Å². The number of aliphatic hydroxyl groups excluding tert-OH is 1. The predicted molar refractivity (Wildman–Crippen MR) is 58.2 cm³/mol. The number of hydrogen-bond acceptors (Lipinski definition) is 2. The zero-order valence-corrected chi connectivity index (χ0v) is 9.21. The normalized spacial score (nSPS) is 44.1. The van der Waals surface area contributed by atoms with E-state index in [9.17, 15) is 5.11 Å². The van der Waals surface area contributed by atoms with Crippen LogP contribution in [-0.4, -0.2) is 23.3 Å². The van der Waals surface area contributed by atoms with Crippen LogP contribution in [0.4, 0.5) is 0 Å². The highest BCUT2D eigenvalue weighted by molar-refractivity contribution is 4.88. The fraction of sp³-hybridized carbons (Fsp3) is 1.00. The Hall–Kier alpha value is -0.0800. The van der Waals surface area contributed by atoms with Crippen molar-refractivity contribution in [3.63, 3.8) is 0 Å². The second-order valence-corrected chi connectivity index (χ2v) is 5.14. The van der Waals surface area contributed by atoms with E-state index in [0.29, 0.717) is 12.1 Å². The highest BCUT2D eigenvalue weighted by atomic mass is 16.3. The minimum absolute atomic E-state index is 0.0865. The van der Waals surface area contributed by atoms with Gasteiger partial charge >= 0.3 is 0 Å². The Bertz CT molecular complexity index is 183. The Labute approximate surface area is 87.1 Å². The second kappa shape index (κ2) is 4.63. The van der Waals surface area contributed by atoms with Gasteiger partial charge in [0, 0.05) is 12.1 Å². The SMILES string of the molecule is C[C@@H]1CCC[C@@H]1N[C@@H]1CCCC[C@@H]1O. The van der Waals surface area contributed by atoms with Crippen LogP contribution < -0.4 is 5.32 Å². The molecular formula is C12H23NO. The van der Waals surface area contributed by atoms with Gasteiger partial charge in [-0.25, -0.2) is 0 Å². The summed E-state index contributed by atoms with van der Waals surface area (Å²) >= 11 is 0. The number of hydrogen-bond donors (Lipinski definition) is 2. The number of nitrogens with one attached hydrogen (secondary N) is 1. The molecule has 2 nitrogen and oxygen atoms in total. The highest BCUT2D eigenvalue weighted by Crippen LogP contribution is 2.27. The molecular weight excluding hydrogens is 174 g/mol. The summed E-state index contributed by atoms with van der Waals surface area (Å²) in [4.78, 5) is 0. The molecule has 2 aliphatic carbocycles. The first-order chi connectivity index (χ1) is 6.77. The summed E-state index contributed by atoms with van der Waals surface area (Å²) in [6, 6.07) is 1.06. The lowest BCUT2D eigenvalue weighted by atomic mass is 9.91. The van der Waals surface area contributed by atoms with Crippen LogP contribution in [0.2, 0.25) is 0 Å². The molecule has 2 fully saturated rings. The summed E-state index contributed by atoms with van der Waals surface area (Å²) in [6.45, 7) is 2.33. The fourth-order valence-electron chi connectivity index (χ4n) is 2.97. The van der Waals surface area contributed by atoms with E-state index >= 15 is 0 Å². The molecule has 0 aromatic carbocycles. The van der Waals surface area contributed by atoms with Crippen molar-refractivity contribution in [1.82, 2.24) is 5.32 Å². The minimum Gasteiger partial charge on any atom is -0.392 e. The van der Waals surface area contributed by atoms with Gasteiger partial charge in [0.25, 0.3) is 0 Å². The maximum absolute atomic E-state index is 9.85. The second-order valence-electron chi connectivity index (χ2n) is 5.14. The molecule has 0 spiro atoms. The van der Waals surface area contributed by atoms with Crippen molar-refractivity contribution in [1.29, 1.82) is 0 Å². The first kappa shape index (κ1) is 10.4. The molecule has 4 atom stereocenters. The van der Waals surface area contributed by atoms with Gasteiger partial charge in [-0.2, -0.15) is 0 Å². The average molecular weight is 197 g/mol. The van der Waals surface area contributed by atoms with Crippen LogP contribution in [0.15, 0.2) is 0 Å². The van der Waals surface area contributed by atoms with Gasteiger partial charge in [-0.05, 0) is 31.6 Å². The molecule has 14 heavy (non-hydrogen) atoms. The monoisotopic (exact) mass is 197 g/mol. The molecule has 0 saturated heterocycles. The van der Waals surface area contributed by atoms with Gasteiger partial charge in [-0.15, -0.1) is 0 Å². The Morgan fingerprint density at radius 2 is 1.64 bits per heavy atom. The number of aliphatic hydroxyl groups is 1. The molecule has 82 valence electrons. The average Bonchev–Trinajstić information content (AvgIpc) is 2.56.